The molecule has 0 aliphatic carbocycles. The van der Waals surface area contributed by atoms with Gasteiger partial charge in [-0.3, -0.25) is 4.79 Å². The number of nitrogens with one attached hydrogen (secondary N) is 2. The molecule has 8 heteroatoms. The number of sulfonamides is 1. The standard InChI is InChI=1S/C27H26N4O3S/c1-19(26-28-17-25(30-26)21-9-3-2-4-10-21)29-27(32)22-12-7-13-24(16-22)35(33,34)31-15-14-20-8-5-6-11-23(20)18-31/h2-13,16-17,19H,14-15,18H2,1H3,(H,28,30)(H,29,32). The third-order valence-electron chi connectivity index (χ3n) is 6.27. The summed E-state index contributed by atoms with van der Waals surface area (Å²) < 4.78 is 28.1. The second-order valence-corrected chi connectivity index (χ2v) is 10.6. The number of hydrogen-bond acceptors (Lipinski definition) is 4. The first-order chi connectivity index (χ1) is 16.9. The molecule has 1 unspecified atom stereocenters. The Hall–Kier alpha value is -3.75. The molecule has 0 spiro atoms. The van der Waals surface area contributed by atoms with Crippen LogP contribution in [0.1, 0.15) is 40.3 Å². The number of imidazole rings is 1. The third kappa shape index (κ3) is 4.76. The molecule has 1 amide bonds. The van der Waals surface area contributed by atoms with E-state index in [0.717, 1.165) is 16.8 Å². The van der Waals surface area contributed by atoms with Gasteiger partial charge in [0.15, 0.2) is 0 Å². The van der Waals surface area contributed by atoms with Gasteiger partial charge >= 0.3 is 0 Å². The van der Waals surface area contributed by atoms with Crippen LogP contribution in [0.15, 0.2) is 90.0 Å². The molecule has 178 valence electrons. The maximum atomic E-state index is 13.3. The molecule has 0 saturated heterocycles. The van der Waals surface area contributed by atoms with Crippen LogP contribution in [0.3, 0.4) is 0 Å². The van der Waals surface area contributed by atoms with Crippen LogP contribution in [0.2, 0.25) is 0 Å². The Morgan fingerprint density at radius 2 is 1.74 bits per heavy atom. The average molecular weight is 487 g/mol. The van der Waals surface area contributed by atoms with Crippen molar-refractivity contribution in [3.63, 3.8) is 0 Å². The summed E-state index contributed by atoms with van der Waals surface area (Å²) in [6.07, 6.45) is 2.40. The number of carbonyl (C=O) groups excluding carboxylic acids is 1. The van der Waals surface area contributed by atoms with Crippen LogP contribution in [0.25, 0.3) is 11.3 Å². The van der Waals surface area contributed by atoms with E-state index in [1.54, 1.807) is 18.3 Å². The van der Waals surface area contributed by atoms with Gasteiger partial charge in [0, 0.05) is 18.7 Å². The Labute approximate surface area is 204 Å². The number of aromatic amines is 1. The molecule has 2 heterocycles. The largest absolute Gasteiger partial charge is 0.342 e. The number of aromatic nitrogens is 2. The molecular weight excluding hydrogens is 460 g/mol. The number of H-pyrrole nitrogens is 1. The van der Waals surface area contributed by atoms with Crippen LogP contribution in [0, 0.1) is 0 Å². The number of carbonyl (C=O) groups is 1. The molecule has 1 aliphatic rings. The van der Waals surface area contributed by atoms with Gasteiger partial charge < -0.3 is 10.3 Å². The summed E-state index contributed by atoms with van der Waals surface area (Å²) in [6, 6.07) is 23.5. The predicted molar refractivity (Wildman–Crippen MR) is 134 cm³/mol. The van der Waals surface area contributed by atoms with Crippen molar-refractivity contribution in [2.45, 2.75) is 30.8 Å². The summed E-state index contributed by atoms with van der Waals surface area (Å²) in [4.78, 5) is 20.7. The van der Waals surface area contributed by atoms with E-state index in [4.69, 9.17) is 0 Å². The molecule has 3 aromatic carbocycles. The van der Waals surface area contributed by atoms with E-state index in [1.807, 2.05) is 61.5 Å². The molecule has 0 fully saturated rings. The maximum Gasteiger partial charge on any atom is 0.251 e. The number of benzene rings is 3. The van der Waals surface area contributed by atoms with Crippen molar-refractivity contribution in [2.24, 2.45) is 0 Å². The van der Waals surface area contributed by atoms with Crippen molar-refractivity contribution < 1.29 is 13.2 Å². The van der Waals surface area contributed by atoms with Crippen LogP contribution < -0.4 is 5.32 Å². The van der Waals surface area contributed by atoms with Gasteiger partial charge in [0.25, 0.3) is 5.91 Å². The molecule has 4 aromatic rings. The first kappa shape index (κ1) is 23.0. The van der Waals surface area contributed by atoms with Crippen LogP contribution in [-0.2, 0) is 23.0 Å². The Balaban J connectivity index is 1.31. The van der Waals surface area contributed by atoms with Crippen molar-refractivity contribution in [3.8, 4) is 11.3 Å². The van der Waals surface area contributed by atoms with Crippen molar-refractivity contribution in [1.82, 2.24) is 19.6 Å². The van der Waals surface area contributed by atoms with Crippen LogP contribution in [0.4, 0.5) is 0 Å². The maximum absolute atomic E-state index is 13.3. The molecule has 35 heavy (non-hydrogen) atoms. The zero-order valence-corrected chi connectivity index (χ0v) is 20.1. The molecule has 1 aromatic heterocycles. The smallest absolute Gasteiger partial charge is 0.251 e. The first-order valence-corrected chi connectivity index (χ1v) is 12.9. The van der Waals surface area contributed by atoms with Crippen LogP contribution >= 0.6 is 0 Å². The fourth-order valence-corrected chi connectivity index (χ4v) is 5.76. The molecule has 1 aliphatic heterocycles. The summed E-state index contributed by atoms with van der Waals surface area (Å²) in [6.45, 7) is 2.57. The summed E-state index contributed by atoms with van der Waals surface area (Å²) in [7, 11) is -3.73. The summed E-state index contributed by atoms with van der Waals surface area (Å²) in [5, 5.41) is 2.91. The topological polar surface area (TPSA) is 95.2 Å². The molecule has 0 radical (unpaired) electrons. The lowest BCUT2D eigenvalue weighted by Gasteiger charge is -2.28. The fourth-order valence-electron chi connectivity index (χ4n) is 4.29. The summed E-state index contributed by atoms with van der Waals surface area (Å²) in [5.41, 5.74) is 4.33. The Kier molecular flexibility index (Phi) is 6.23. The van der Waals surface area contributed by atoms with E-state index in [1.165, 1.54) is 22.0 Å². The Bertz CT molecular complexity index is 1460. The van der Waals surface area contributed by atoms with Gasteiger partial charge in [-0.25, -0.2) is 13.4 Å². The molecule has 0 bridgehead atoms. The molecule has 7 nitrogen and oxygen atoms in total. The van der Waals surface area contributed by atoms with Crippen molar-refractivity contribution in [2.75, 3.05) is 6.54 Å². The SMILES string of the molecule is CC(NC(=O)c1cccc(S(=O)(=O)N2CCc3ccccc3C2)c1)c1ncc(-c2ccccc2)[nH]1. The second kappa shape index (κ2) is 9.48. The minimum Gasteiger partial charge on any atom is -0.342 e. The van der Waals surface area contributed by atoms with Gasteiger partial charge in [0.2, 0.25) is 10.0 Å². The highest BCUT2D eigenvalue weighted by molar-refractivity contribution is 7.89. The normalized spacial score (nSPS) is 14.8. The van der Waals surface area contributed by atoms with Gasteiger partial charge in [-0.1, -0.05) is 60.7 Å². The van der Waals surface area contributed by atoms with E-state index in [9.17, 15) is 13.2 Å². The van der Waals surface area contributed by atoms with Gasteiger partial charge in [0.05, 0.1) is 22.8 Å². The zero-order valence-electron chi connectivity index (χ0n) is 19.3. The van der Waals surface area contributed by atoms with E-state index in [0.29, 0.717) is 25.3 Å². The first-order valence-electron chi connectivity index (χ1n) is 11.5. The number of nitrogens with zero attached hydrogens (tertiary/aromatic N) is 2. The number of fused-ring (bicyclic) bond motifs is 1. The van der Waals surface area contributed by atoms with Crippen LogP contribution in [0.5, 0.6) is 0 Å². The number of amides is 1. The highest BCUT2D eigenvalue weighted by Crippen LogP contribution is 2.25. The molecule has 2 N–H and O–H groups in total. The predicted octanol–water partition coefficient (Wildman–Crippen LogP) is 4.31. The minimum atomic E-state index is -3.73. The van der Waals surface area contributed by atoms with Crippen molar-refractivity contribution in [3.05, 3.63) is 108 Å². The molecule has 0 saturated carbocycles. The lowest BCUT2D eigenvalue weighted by Crippen LogP contribution is -2.36. The lowest BCUT2D eigenvalue weighted by molar-refractivity contribution is 0.0938. The lowest BCUT2D eigenvalue weighted by atomic mass is 10.0. The van der Waals surface area contributed by atoms with Gasteiger partial charge in [-0.05, 0) is 48.2 Å². The molecule has 1 atom stereocenters. The highest BCUT2D eigenvalue weighted by atomic mass is 32.2. The van der Waals surface area contributed by atoms with E-state index < -0.39 is 10.0 Å². The Morgan fingerprint density at radius 3 is 2.54 bits per heavy atom. The van der Waals surface area contributed by atoms with Crippen molar-refractivity contribution >= 4 is 15.9 Å². The van der Waals surface area contributed by atoms with E-state index >= 15 is 0 Å². The summed E-state index contributed by atoms with van der Waals surface area (Å²) in [5.74, 6) is 0.254. The third-order valence-corrected chi connectivity index (χ3v) is 8.11. The number of rotatable bonds is 6. The zero-order chi connectivity index (χ0) is 24.4. The molecule has 5 rings (SSSR count). The van der Waals surface area contributed by atoms with E-state index in [-0.39, 0.29) is 22.4 Å². The van der Waals surface area contributed by atoms with Crippen LogP contribution in [-0.4, -0.2) is 35.1 Å². The van der Waals surface area contributed by atoms with E-state index in [2.05, 4.69) is 15.3 Å². The second-order valence-electron chi connectivity index (χ2n) is 8.63. The monoisotopic (exact) mass is 486 g/mol. The van der Waals surface area contributed by atoms with Crippen molar-refractivity contribution in [1.29, 1.82) is 0 Å². The van der Waals surface area contributed by atoms with Gasteiger partial charge in [-0.15, -0.1) is 0 Å². The summed E-state index contributed by atoms with van der Waals surface area (Å²) >= 11 is 0. The quantitative estimate of drug-likeness (QED) is 0.424. The number of hydrogen-bond donors (Lipinski definition) is 2. The molecular formula is C27H26N4O3S. The average Bonchev–Trinajstić information content (AvgIpc) is 3.40. The highest BCUT2D eigenvalue weighted by Gasteiger charge is 2.29. The Morgan fingerprint density at radius 1 is 1.00 bits per heavy atom. The fraction of sp³-hybridized carbons (Fsp3) is 0.185. The van der Waals surface area contributed by atoms with Gasteiger partial charge in [-0.2, -0.15) is 4.31 Å². The minimum absolute atomic E-state index is 0.113. The van der Waals surface area contributed by atoms with Gasteiger partial charge in [0.1, 0.15) is 5.82 Å².